The van der Waals surface area contributed by atoms with Gasteiger partial charge >= 0.3 is 0 Å². The highest BCUT2D eigenvalue weighted by atomic mass is 32.2. The van der Waals surface area contributed by atoms with E-state index in [4.69, 9.17) is 0 Å². The van der Waals surface area contributed by atoms with Crippen molar-refractivity contribution in [1.82, 2.24) is 4.72 Å². The monoisotopic (exact) mass is 377 g/mol. The summed E-state index contributed by atoms with van der Waals surface area (Å²) >= 11 is 0. The maximum atomic E-state index is 15.4. The Balaban J connectivity index is 3.39. The van der Waals surface area contributed by atoms with Crippen LogP contribution in [0.1, 0.15) is 48.5 Å². The van der Waals surface area contributed by atoms with Gasteiger partial charge in [0.05, 0.1) is 26.2 Å². The molecular weight excluding hydrogens is 349 g/mol. The number of halogens is 1. The van der Waals surface area contributed by atoms with Gasteiger partial charge in [-0.05, 0) is 45.2 Å². The molecule has 0 spiro atoms. The van der Waals surface area contributed by atoms with Crippen molar-refractivity contribution in [3.63, 3.8) is 0 Å². The second-order valence-corrected chi connectivity index (χ2v) is 12.1. The third-order valence-electron chi connectivity index (χ3n) is 4.22. The van der Waals surface area contributed by atoms with Gasteiger partial charge in [0.25, 0.3) is 0 Å². The van der Waals surface area contributed by atoms with Crippen LogP contribution < -0.4 is 4.72 Å². The van der Waals surface area contributed by atoms with E-state index in [0.29, 0.717) is 0 Å². The second kappa shape index (κ2) is 6.84. The largest absolute Gasteiger partial charge is 0.242 e. The molecule has 1 rings (SSSR count). The minimum Gasteiger partial charge on any atom is -0.242 e. The van der Waals surface area contributed by atoms with Gasteiger partial charge in [-0.1, -0.05) is 39.0 Å². The zero-order valence-corrected chi connectivity index (χ0v) is 17.0. The van der Waals surface area contributed by atoms with E-state index in [-0.39, 0.29) is 4.90 Å². The Morgan fingerprint density at radius 3 is 1.83 bits per heavy atom. The van der Waals surface area contributed by atoms with Crippen LogP contribution in [0.2, 0.25) is 0 Å². The number of nitrogens with one attached hydrogen (secondary N) is 1. The molecule has 0 radical (unpaired) electrons. The lowest BCUT2D eigenvalue weighted by Crippen LogP contribution is -2.63. The van der Waals surface area contributed by atoms with Crippen LogP contribution in [0.4, 0.5) is 4.39 Å². The lowest BCUT2D eigenvalue weighted by atomic mass is 9.76. The van der Waals surface area contributed by atoms with Crippen LogP contribution in [0.15, 0.2) is 35.2 Å². The van der Waals surface area contributed by atoms with Gasteiger partial charge in [0.2, 0.25) is 15.3 Å². The molecule has 0 aliphatic rings. The molecule has 0 saturated carbocycles. The van der Waals surface area contributed by atoms with E-state index in [9.17, 15) is 12.6 Å². The summed E-state index contributed by atoms with van der Waals surface area (Å²) in [6, 6.07) is 7.50. The van der Waals surface area contributed by atoms with E-state index in [1.54, 1.807) is 59.7 Å². The molecule has 3 atom stereocenters. The predicted molar refractivity (Wildman–Crippen MR) is 97.4 cm³/mol. The molecule has 0 saturated heterocycles. The van der Waals surface area contributed by atoms with E-state index in [1.807, 2.05) is 0 Å². The van der Waals surface area contributed by atoms with E-state index in [1.165, 1.54) is 19.1 Å². The van der Waals surface area contributed by atoms with E-state index >= 15 is 4.39 Å². The summed E-state index contributed by atoms with van der Waals surface area (Å²) in [5.74, 6) is 0. The van der Waals surface area contributed by atoms with Crippen LogP contribution in [0.5, 0.6) is 0 Å². The van der Waals surface area contributed by atoms with Gasteiger partial charge in [-0.3, -0.25) is 0 Å². The molecule has 0 aliphatic carbocycles. The molecule has 138 valence electrons. The third kappa shape index (κ3) is 4.24. The van der Waals surface area contributed by atoms with Gasteiger partial charge in [-0.25, -0.2) is 21.7 Å². The van der Waals surface area contributed by atoms with Crippen molar-refractivity contribution >= 4 is 20.8 Å². The number of sulfone groups is 1. The van der Waals surface area contributed by atoms with Crippen LogP contribution in [0, 0.1) is 5.41 Å². The minimum absolute atomic E-state index is 0.0867. The number of alkyl halides is 1. The highest BCUT2D eigenvalue weighted by molar-refractivity contribution is 7.92. The lowest BCUT2D eigenvalue weighted by Gasteiger charge is -2.44. The second-order valence-electron chi connectivity index (χ2n) is 8.11. The zero-order chi connectivity index (χ0) is 19.0. The molecule has 1 unspecified atom stereocenters. The maximum absolute atomic E-state index is 15.4. The molecule has 1 N–H and O–H groups in total. The van der Waals surface area contributed by atoms with Crippen LogP contribution in [0.25, 0.3) is 0 Å². The summed E-state index contributed by atoms with van der Waals surface area (Å²) < 4.78 is 55.5. The Labute approximate surface area is 147 Å². The SMILES string of the molecule is CC(C)(C)[S@@](=O)N[C@](C)(C(F)S(=O)(=O)c1ccccc1)C(C)(C)C. The summed E-state index contributed by atoms with van der Waals surface area (Å²) in [5.41, 5.74) is -4.59. The smallest absolute Gasteiger partial charge is 0.224 e. The van der Waals surface area contributed by atoms with Gasteiger partial charge in [-0.2, -0.15) is 0 Å². The normalized spacial score (nSPS) is 18.7. The summed E-state index contributed by atoms with van der Waals surface area (Å²) in [6.45, 7) is 11.9. The molecule has 1 aromatic rings. The first-order chi connectivity index (χ1) is 10.6. The Kier molecular flexibility index (Phi) is 6.06. The van der Waals surface area contributed by atoms with Gasteiger partial charge in [0.1, 0.15) is 0 Å². The summed E-state index contributed by atoms with van der Waals surface area (Å²) in [4.78, 5) is -0.0867. The maximum Gasteiger partial charge on any atom is 0.224 e. The molecule has 0 fully saturated rings. The van der Waals surface area contributed by atoms with Crippen molar-refractivity contribution in [3.05, 3.63) is 30.3 Å². The number of hydrogen-bond donors (Lipinski definition) is 1. The Morgan fingerprint density at radius 1 is 1.00 bits per heavy atom. The fraction of sp³-hybridized carbons (Fsp3) is 0.647. The molecule has 0 aromatic heterocycles. The molecule has 0 bridgehead atoms. The van der Waals surface area contributed by atoms with Gasteiger partial charge in [0, 0.05) is 0 Å². The van der Waals surface area contributed by atoms with Crippen molar-refractivity contribution < 1.29 is 17.0 Å². The van der Waals surface area contributed by atoms with Crippen LogP contribution >= 0.6 is 0 Å². The van der Waals surface area contributed by atoms with Crippen molar-refractivity contribution in [2.75, 3.05) is 0 Å². The highest BCUT2D eigenvalue weighted by Crippen LogP contribution is 2.39. The molecule has 7 heteroatoms. The fourth-order valence-corrected chi connectivity index (χ4v) is 4.91. The summed E-state index contributed by atoms with van der Waals surface area (Å²) in [6.07, 6.45) is 0. The Morgan fingerprint density at radius 2 is 1.46 bits per heavy atom. The van der Waals surface area contributed by atoms with E-state index in [2.05, 4.69) is 4.72 Å². The third-order valence-corrected chi connectivity index (χ3v) is 7.88. The molecule has 0 aliphatic heterocycles. The number of rotatable bonds is 5. The average Bonchev–Trinajstić information content (AvgIpc) is 2.44. The molecular formula is C17H28FNO3S2. The molecule has 4 nitrogen and oxygen atoms in total. The standard InChI is InChI=1S/C17H28FNO3S2/c1-15(2,3)17(7,19-23(20)16(4,5)6)14(18)24(21,22)13-11-9-8-10-12-13/h8-12,14,19H,1-7H3/t14?,17-,23-/m1/s1. The predicted octanol–water partition coefficient (Wildman–Crippen LogP) is 3.61. The Bertz CT molecular complexity index is 691. The first-order valence-corrected chi connectivity index (χ1v) is 10.5. The molecule has 0 amide bonds. The molecule has 24 heavy (non-hydrogen) atoms. The fourth-order valence-electron chi connectivity index (χ4n) is 1.93. The van der Waals surface area contributed by atoms with Crippen molar-refractivity contribution in [1.29, 1.82) is 0 Å². The van der Waals surface area contributed by atoms with Gasteiger partial charge in [-0.15, -0.1) is 0 Å². The highest BCUT2D eigenvalue weighted by Gasteiger charge is 2.53. The van der Waals surface area contributed by atoms with Crippen LogP contribution in [-0.2, 0) is 20.8 Å². The quantitative estimate of drug-likeness (QED) is 0.852. The van der Waals surface area contributed by atoms with Crippen molar-refractivity contribution in [2.45, 2.75) is 69.2 Å². The Hall–Kier alpha value is -0.790. The van der Waals surface area contributed by atoms with E-state index < -0.39 is 42.0 Å². The summed E-state index contributed by atoms with van der Waals surface area (Å²) in [7, 11) is -5.85. The average molecular weight is 378 g/mol. The van der Waals surface area contributed by atoms with Crippen molar-refractivity contribution in [2.24, 2.45) is 5.41 Å². The first kappa shape index (κ1) is 21.3. The number of hydrogen-bond acceptors (Lipinski definition) is 3. The van der Waals surface area contributed by atoms with Gasteiger partial charge < -0.3 is 0 Å². The van der Waals surface area contributed by atoms with Crippen LogP contribution in [0.3, 0.4) is 0 Å². The summed E-state index contributed by atoms with van der Waals surface area (Å²) in [5, 5.41) is 0. The van der Waals surface area contributed by atoms with Crippen LogP contribution in [-0.4, -0.2) is 28.4 Å². The zero-order valence-electron chi connectivity index (χ0n) is 15.4. The topological polar surface area (TPSA) is 63.2 Å². The minimum atomic E-state index is -4.23. The van der Waals surface area contributed by atoms with E-state index in [0.717, 1.165) is 0 Å². The lowest BCUT2D eigenvalue weighted by molar-refractivity contribution is 0.121. The van der Waals surface area contributed by atoms with Gasteiger partial charge in [0.15, 0.2) is 0 Å². The van der Waals surface area contributed by atoms with Crippen molar-refractivity contribution in [3.8, 4) is 0 Å². The first-order valence-electron chi connectivity index (χ1n) is 7.77. The number of benzene rings is 1. The molecule has 1 aromatic carbocycles. The molecule has 0 heterocycles.